The van der Waals surface area contributed by atoms with Crippen molar-refractivity contribution in [1.29, 1.82) is 0 Å². The molecule has 0 aromatic heterocycles. The van der Waals surface area contributed by atoms with E-state index in [-0.39, 0.29) is 0 Å². The highest BCUT2D eigenvalue weighted by Crippen LogP contribution is 2.28. The molecular weight excluding hydrogens is 220 g/mol. The summed E-state index contributed by atoms with van der Waals surface area (Å²) < 4.78 is 0. The van der Waals surface area contributed by atoms with Crippen LogP contribution in [0, 0.1) is 12.8 Å². The lowest BCUT2D eigenvalue weighted by Crippen LogP contribution is -2.31. The molecule has 18 heavy (non-hydrogen) atoms. The zero-order chi connectivity index (χ0) is 13.0. The van der Waals surface area contributed by atoms with Crippen LogP contribution in [-0.2, 0) is 0 Å². The molecule has 1 aliphatic carbocycles. The summed E-state index contributed by atoms with van der Waals surface area (Å²) in [5, 5.41) is 0. The molecule has 2 rings (SSSR count). The molecular formula is C16H26N2. The van der Waals surface area contributed by atoms with E-state index >= 15 is 0 Å². The molecule has 100 valence electrons. The van der Waals surface area contributed by atoms with Crippen LogP contribution in [0.4, 0.5) is 5.69 Å². The van der Waals surface area contributed by atoms with Crippen LogP contribution in [0.3, 0.4) is 0 Å². The van der Waals surface area contributed by atoms with Crippen molar-refractivity contribution in [2.24, 2.45) is 11.7 Å². The summed E-state index contributed by atoms with van der Waals surface area (Å²) in [5.74, 6) is 0.739. The van der Waals surface area contributed by atoms with Crippen molar-refractivity contribution in [2.75, 3.05) is 18.0 Å². The zero-order valence-electron chi connectivity index (χ0n) is 11.7. The van der Waals surface area contributed by atoms with Crippen molar-refractivity contribution < 1.29 is 0 Å². The van der Waals surface area contributed by atoms with Gasteiger partial charge in [0, 0.05) is 24.8 Å². The van der Waals surface area contributed by atoms with Gasteiger partial charge in [-0.2, -0.15) is 0 Å². The summed E-state index contributed by atoms with van der Waals surface area (Å²) in [5.41, 5.74) is 8.91. The third-order valence-electron chi connectivity index (χ3n) is 4.33. The fraction of sp³-hybridized carbons (Fsp3) is 0.625. The molecule has 1 aromatic carbocycles. The molecule has 1 aromatic rings. The van der Waals surface area contributed by atoms with Gasteiger partial charge in [0.1, 0.15) is 0 Å². The first-order chi connectivity index (χ1) is 8.72. The molecule has 0 spiro atoms. The van der Waals surface area contributed by atoms with Crippen molar-refractivity contribution in [2.45, 2.75) is 45.6 Å². The highest BCUT2D eigenvalue weighted by atomic mass is 15.1. The standard InChI is InChI=1S/C16H26N2/c1-3-18(16-10-5-4-7-13(16)2)12-11-14-8-6-9-15(14)17/h4-5,7,10,14-15H,3,6,8-9,11-12,17H2,1-2H3. The van der Waals surface area contributed by atoms with Gasteiger partial charge in [-0.05, 0) is 50.7 Å². The molecule has 1 aliphatic rings. The van der Waals surface area contributed by atoms with Crippen molar-refractivity contribution in [3.05, 3.63) is 29.8 Å². The number of benzene rings is 1. The topological polar surface area (TPSA) is 29.3 Å². The Balaban J connectivity index is 1.95. The number of para-hydroxylation sites is 1. The highest BCUT2D eigenvalue weighted by molar-refractivity contribution is 5.52. The van der Waals surface area contributed by atoms with Crippen LogP contribution >= 0.6 is 0 Å². The van der Waals surface area contributed by atoms with Gasteiger partial charge in [-0.15, -0.1) is 0 Å². The number of rotatable bonds is 5. The van der Waals surface area contributed by atoms with Crippen LogP contribution in [0.5, 0.6) is 0 Å². The summed E-state index contributed by atoms with van der Waals surface area (Å²) in [6, 6.07) is 9.11. The van der Waals surface area contributed by atoms with Gasteiger partial charge >= 0.3 is 0 Å². The second kappa shape index (κ2) is 6.24. The quantitative estimate of drug-likeness (QED) is 0.863. The number of aryl methyl sites for hydroxylation is 1. The summed E-state index contributed by atoms with van der Waals surface area (Å²) in [6.07, 6.45) is 5.11. The third kappa shape index (κ3) is 3.05. The van der Waals surface area contributed by atoms with Gasteiger partial charge in [0.25, 0.3) is 0 Å². The van der Waals surface area contributed by atoms with Crippen LogP contribution < -0.4 is 10.6 Å². The van der Waals surface area contributed by atoms with Crippen LogP contribution in [0.2, 0.25) is 0 Å². The zero-order valence-corrected chi connectivity index (χ0v) is 11.7. The number of anilines is 1. The molecule has 0 radical (unpaired) electrons. The lowest BCUT2D eigenvalue weighted by atomic mass is 9.99. The molecule has 1 fully saturated rings. The first kappa shape index (κ1) is 13.4. The van der Waals surface area contributed by atoms with E-state index in [2.05, 4.69) is 43.0 Å². The molecule has 0 aliphatic heterocycles. The van der Waals surface area contributed by atoms with E-state index < -0.39 is 0 Å². The Bertz CT molecular complexity index is 375. The van der Waals surface area contributed by atoms with E-state index in [1.54, 1.807) is 0 Å². The lowest BCUT2D eigenvalue weighted by molar-refractivity contribution is 0.447. The Morgan fingerprint density at radius 1 is 1.28 bits per heavy atom. The maximum absolute atomic E-state index is 6.16. The molecule has 0 saturated heterocycles. The summed E-state index contributed by atoms with van der Waals surface area (Å²) in [6.45, 7) is 6.65. The fourth-order valence-corrected chi connectivity index (χ4v) is 3.11. The lowest BCUT2D eigenvalue weighted by Gasteiger charge is -2.27. The third-order valence-corrected chi connectivity index (χ3v) is 4.33. The smallest absolute Gasteiger partial charge is 0.0395 e. The molecule has 0 bridgehead atoms. The van der Waals surface area contributed by atoms with Crippen molar-refractivity contribution in [3.63, 3.8) is 0 Å². The second-order valence-corrected chi connectivity index (χ2v) is 5.51. The normalized spacial score (nSPS) is 23.3. The minimum atomic E-state index is 0.445. The van der Waals surface area contributed by atoms with Crippen LogP contribution in [-0.4, -0.2) is 19.1 Å². The van der Waals surface area contributed by atoms with Crippen molar-refractivity contribution in [3.8, 4) is 0 Å². The van der Waals surface area contributed by atoms with Crippen LogP contribution in [0.1, 0.15) is 38.2 Å². The maximum atomic E-state index is 6.16. The monoisotopic (exact) mass is 246 g/mol. The minimum Gasteiger partial charge on any atom is -0.372 e. The number of hydrogen-bond acceptors (Lipinski definition) is 2. The second-order valence-electron chi connectivity index (χ2n) is 5.51. The van der Waals surface area contributed by atoms with E-state index in [1.807, 2.05) is 0 Å². The molecule has 2 N–H and O–H groups in total. The van der Waals surface area contributed by atoms with E-state index in [0.717, 1.165) is 19.0 Å². The van der Waals surface area contributed by atoms with E-state index in [9.17, 15) is 0 Å². The Labute approximate surface area is 111 Å². The molecule has 0 heterocycles. The molecule has 2 unspecified atom stereocenters. The van der Waals surface area contributed by atoms with Gasteiger partial charge < -0.3 is 10.6 Å². The minimum absolute atomic E-state index is 0.445. The number of nitrogens with zero attached hydrogens (tertiary/aromatic N) is 1. The number of nitrogens with two attached hydrogens (primary N) is 1. The highest BCUT2D eigenvalue weighted by Gasteiger charge is 2.24. The first-order valence-corrected chi connectivity index (χ1v) is 7.28. The molecule has 2 atom stereocenters. The van der Waals surface area contributed by atoms with Gasteiger partial charge in [0.2, 0.25) is 0 Å². The van der Waals surface area contributed by atoms with Gasteiger partial charge in [-0.1, -0.05) is 24.6 Å². The predicted molar refractivity (Wildman–Crippen MR) is 79.0 cm³/mol. The average Bonchev–Trinajstić information content (AvgIpc) is 2.78. The van der Waals surface area contributed by atoms with Crippen molar-refractivity contribution >= 4 is 5.69 Å². The number of hydrogen-bond donors (Lipinski definition) is 1. The average molecular weight is 246 g/mol. The van der Waals surface area contributed by atoms with E-state index in [0.29, 0.717) is 6.04 Å². The van der Waals surface area contributed by atoms with Gasteiger partial charge in [-0.3, -0.25) is 0 Å². The van der Waals surface area contributed by atoms with Crippen LogP contribution in [0.25, 0.3) is 0 Å². The van der Waals surface area contributed by atoms with Gasteiger partial charge in [0.15, 0.2) is 0 Å². The molecule has 0 amide bonds. The fourth-order valence-electron chi connectivity index (χ4n) is 3.11. The molecule has 2 heteroatoms. The SMILES string of the molecule is CCN(CCC1CCCC1N)c1ccccc1C. The Morgan fingerprint density at radius 2 is 2.06 bits per heavy atom. The van der Waals surface area contributed by atoms with Crippen molar-refractivity contribution in [1.82, 2.24) is 0 Å². The Morgan fingerprint density at radius 3 is 2.67 bits per heavy atom. The molecule has 1 saturated carbocycles. The first-order valence-electron chi connectivity index (χ1n) is 7.28. The molecule has 2 nitrogen and oxygen atoms in total. The summed E-state index contributed by atoms with van der Waals surface area (Å²) >= 11 is 0. The summed E-state index contributed by atoms with van der Waals surface area (Å²) in [7, 11) is 0. The Kier molecular flexibility index (Phi) is 4.65. The van der Waals surface area contributed by atoms with E-state index in [4.69, 9.17) is 5.73 Å². The van der Waals surface area contributed by atoms with E-state index in [1.165, 1.54) is 36.9 Å². The Hall–Kier alpha value is -1.02. The largest absolute Gasteiger partial charge is 0.372 e. The maximum Gasteiger partial charge on any atom is 0.0395 e. The summed E-state index contributed by atoms with van der Waals surface area (Å²) in [4.78, 5) is 2.49. The van der Waals surface area contributed by atoms with Crippen LogP contribution in [0.15, 0.2) is 24.3 Å². The predicted octanol–water partition coefficient (Wildman–Crippen LogP) is 3.34. The van der Waals surface area contributed by atoms with Gasteiger partial charge in [-0.25, -0.2) is 0 Å². The van der Waals surface area contributed by atoms with Gasteiger partial charge in [0.05, 0.1) is 0 Å².